The lowest BCUT2D eigenvalue weighted by molar-refractivity contribution is -0.130. The molecule has 2 heterocycles. The predicted molar refractivity (Wildman–Crippen MR) is 112 cm³/mol. The van der Waals surface area contributed by atoms with E-state index in [1.165, 1.54) is 12.1 Å². The Morgan fingerprint density at radius 3 is 1.97 bits per heavy atom. The van der Waals surface area contributed by atoms with Crippen LogP contribution in [0.4, 0.5) is 0 Å². The van der Waals surface area contributed by atoms with Gasteiger partial charge in [0.25, 0.3) is 11.8 Å². The highest BCUT2D eigenvalue weighted by Crippen LogP contribution is 2.37. The number of carbonyl (C=O) groups is 4. The van der Waals surface area contributed by atoms with Crippen molar-refractivity contribution in [1.29, 1.82) is 0 Å². The van der Waals surface area contributed by atoms with Crippen LogP contribution in [0.3, 0.4) is 0 Å². The van der Waals surface area contributed by atoms with Crippen molar-refractivity contribution in [2.45, 2.75) is 70.1 Å². The van der Waals surface area contributed by atoms with Crippen molar-refractivity contribution in [3.05, 3.63) is 35.4 Å². The molecule has 0 saturated carbocycles. The van der Waals surface area contributed by atoms with Gasteiger partial charge in [0.2, 0.25) is 11.8 Å². The molecule has 162 valence electrons. The second kappa shape index (κ2) is 7.50. The summed E-state index contributed by atoms with van der Waals surface area (Å²) in [5.41, 5.74) is 5.50. The summed E-state index contributed by atoms with van der Waals surface area (Å²) in [4.78, 5) is 53.7. The van der Waals surface area contributed by atoms with Crippen LogP contribution in [0.5, 0.6) is 0 Å². The molecule has 0 bridgehead atoms. The van der Waals surface area contributed by atoms with Gasteiger partial charge in [-0.25, -0.2) is 0 Å². The van der Waals surface area contributed by atoms with E-state index in [2.05, 4.69) is 45.0 Å². The topological polar surface area (TPSA) is 113 Å². The third-order valence-corrected chi connectivity index (χ3v) is 6.49. The Morgan fingerprint density at radius 1 is 1.07 bits per heavy atom. The van der Waals surface area contributed by atoms with E-state index < -0.39 is 36.1 Å². The zero-order chi connectivity index (χ0) is 22.4. The minimum absolute atomic E-state index is 0.158. The highest BCUT2D eigenvalue weighted by molar-refractivity contribution is 6.23. The van der Waals surface area contributed by atoms with Crippen molar-refractivity contribution < 1.29 is 19.2 Å². The summed E-state index contributed by atoms with van der Waals surface area (Å²) in [5, 5.41) is 2.98. The summed E-state index contributed by atoms with van der Waals surface area (Å²) < 4.78 is 0. The van der Waals surface area contributed by atoms with Gasteiger partial charge in [-0.05, 0) is 59.7 Å². The number of hydrogen-bond acceptors (Lipinski definition) is 5. The highest BCUT2D eigenvalue weighted by atomic mass is 16.2. The van der Waals surface area contributed by atoms with Crippen LogP contribution in [-0.4, -0.2) is 63.6 Å². The van der Waals surface area contributed by atoms with Gasteiger partial charge in [0, 0.05) is 17.1 Å². The third kappa shape index (κ3) is 3.84. The number of benzene rings is 1. The Kier molecular flexibility index (Phi) is 5.49. The molecule has 1 fully saturated rings. The first-order valence-corrected chi connectivity index (χ1v) is 10.1. The molecule has 8 nitrogen and oxygen atoms in total. The van der Waals surface area contributed by atoms with Gasteiger partial charge in [0.1, 0.15) is 6.04 Å². The van der Waals surface area contributed by atoms with E-state index in [0.29, 0.717) is 12.8 Å². The average molecular weight is 415 g/mol. The van der Waals surface area contributed by atoms with Crippen LogP contribution < -0.4 is 11.1 Å². The average Bonchev–Trinajstić information content (AvgIpc) is 2.88. The Morgan fingerprint density at radius 2 is 1.53 bits per heavy atom. The normalized spacial score (nSPS) is 22.0. The Bertz CT molecular complexity index is 855. The quantitative estimate of drug-likeness (QED) is 0.705. The molecular formula is C22H30N4O4. The van der Waals surface area contributed by atoms with E-state index in [0.717, 1.165) is 4.90 Å². The lowest BCUT2D eigenvalue weighted by atomic mass is 9.77. The summed E-state index contributed by atoms with van der Waals surface area (Å²) in [5.74, 6) is -2.46. The summed E-state index contributed by atoms with van der Waals surface area (Å²) >= 11 is 0. The molecule has 1 atom stereocenters. The number of piperidine rings is 1. The molecular weight excluding hydrogens is 384 g/mol. The van der Waals surface area contributed by atoms with Crippen molar-refractivity contribution in [2.75, 3.05) is 7.05 Å². The van der Waals surface area contributed by atoms with Gasteiger partial charge in [-0.1, -0.05) is 12.1 Å². The molecule has 8 heteroatoms. The molecule has 3 N–H and O–H groups in total. The van der Waals surface area contributed by atoms with E-state index in [1.807, 2.05) is 0 Å². The fourth-order valence-corrected chi connectivity index (χ4v) is 4.75. The molecule has 2 aliphatic heterocycles. The van der Waals surface area contributed by atoms with Crippen LogP contribution in [0, 0.1) is 0 Å². The maximum Gasteiger partial charge on any atom is 0.262 e. The van der Waals surface area contributed by atoms with Gasteiger partial charge in [-0.2, -0.15) is 0 Å². The van der Waals surface area contributed by atoms with Gasteiger partial charge >= 0.3 is 0 Å². The molecule has 1 saturated heterocycles. The molecule has 1 aromatic carbocycles. The van der Waals surface area contributed by atoms with Crippen molar-refractivity contribution in [3.8, 4) is 0 Å². The van der Waals surface area contributed by atoms with E-state index in [4.69, 9.17) is 5.73 Å². The Balaban J connectivity index is 1.85. The summed E-state index contributed by atoms with van der Waals surface area (Å²) in [6.45, 7) is 8.44. The van der Waals surface area contributed by atoms with Crippen molar-refractivity contribution in [2.24, 2.45) is 5.73 Å². The fourth-order valence-electron chi connectivity index (χ4n) is 4.75. The van der Waals surface area contributed by atoms with Gasteiger partial charge in [-0.15, -0.1) is 0 Å². The van der Waals surface area contributed by atoms with E-state index in [9.17, 15) is 19.2 Å². The van der Waals surface area contributed by atoms with Crippen LogP contribution in [0.25, 0.3) is 0 Å². The van der Waals surface area contributed by atoms with Crippen LogP contribution >= 0.6 is 0 Å². The SMILES string of the molecule is CN1C(C)(C)CC(NC(=O)C(CC(N)=O)N2C(=O)c3ccccc3C2=O)CC1(C)C. The van der Waals surface area contributed by atoms with Gasteiger partial charge in [-0.3, -0.25) is 29.0 Å². The Labute approximate surface area is 176 Å². The number of amides is 4. The lowest BCUT2D eigenvalue weighted by Gasteiger charge is -2.53. The predicted octanol–water partition coefficient (Wildman–Crippen LogP) is 1.29. The molecule has 0 aliphatic carbocycles. The molecule has 1 unspecified atom stereocenters. The fraction of sp³-hybridized carbons (Fsp3) is 0.545. The summed E-state index contributed by atoms with van der Waals surface area (Å²) in [6.07, 6.45) is 0.977. The van der Waals surface area contributed by atoms with Crippen molar-refractivity contribution in [3.63, 3.8) is 0 Å². The molecule has 0 aromatic heterocycles. The van der Waals surface area contributed by atoms with Crippen molar-refractivity contribution in [1.82, 2.24) is 15.1 Å². The van der Waals surface area contributed by atoms with E-state index >= 15 is 0 Å². The zero-order valence-electron chi connectivity index (χ0n) is 18.2. The minimum Gasteiger partial charge on any atom is -0.370 e. The molecule has 3 rings (SSSR count). The van der Waals surface area contributed by atoms with E-state index in [1.54, 1.807) is 12.1 Å². The number of likely N-dealkylation sites (tertiary alicyclic amines) is 1. The lowest BCUT2D eigenvalue weighted by Crippen LogP contribution is -2.64. The molecule has 0 spiro atoms. The standard InChI is InChI=1S/C22H30N4O4/c1-21(2)11-13(12-22(3,4)25(21)5)24-18(28)16(10-17(23)27)26-19(29)14-8-6-7-9-15(14)20(26)30/h6-9,13,16H,10-12H2,1-5H3,(H2,23,27)(H,24,28). The first kappa shape index (κ1) is 22.0. The van der Waals surface area contributed by atoms with Gasteiger partial charge in [0.05, 0.1) is 17.5 Å². The van der Waals surface area contributed by atoms with Crippen LogP contribution in [-0.2, 0) is 9.59 Å². The number of hydrogen-bond donors (Lipinski definition) is 2. The minimum atomic E-state index is -1.28. The molecule has 1 aromatic rings. The third-order valence-electron chi connectivity index (χ3n) is 6.49. The zero-order valence-corrected chi connectivity index (χ0v) is 18.2. The monoisotopic (exact) mass is 414 g/mol. The second-order valence-corrected chi connectivity index (χ2v) is 9.51. The van der Waals surface area contributed by atoms with Crippen LogP contribution in [0.1, 0.15) is 67.7 Å². The van der Waals surface area contributed by atoms with Crippen molar-refractivity contribution >= 4 is 23.6 Å². The molecule has 0 radical (unpaired) electrons. The number of rotatable bonds is 5. The number of imide groups is 1. The number of fused-ring (bicyclic) bond motifs is 1. The van der Waals surface area contributed by atoms with Gasteiger partial charge < -0.3 is 11.1 Å². The summed E-state index contributed by atoms with van der Waals surface area (Å²) in [6, 6.07) is 4.94. The highest BCUT2D eigenvalue weighted by Gasteiger charge is 2.46. The number of primary amides is 1. The number of carbonyl (C=O) groups excluding carboxylic acids is 4. The largest absolute Gasteiger partial charge is 0.370 e. The van der Waals surface area contributed by atoms with E-state index in [-0.39, 0.29) is 28.2 Å². The number of nitrogens with one attached hydrogen (secondary N) is 1. The van der Waals surface area contributed by atoms with Crippen LogP contribution in [0.15, 0.2) is 24.3 Å². The summed E-state index contributed by atoms with van der Waals surface area (Å²) in [7, 11) is 2.06. The molecule has 4 amide bonds. The first-order valence-electron chi connectivity index (χ1n) is 10.1. The number of nitrogens with zero attached hydrogens (tertiary/aromatic N) is 2. The Hall–Kier alpha value is -2.74. The first-order chi connectivity index (χ1) is 13.8. The van der Waals surface area contributed by atoms with Gasteiger partial charge in [0.15, 0.2) is 0 Å². The smallest absolute Gasteiger partial charge is 0.262 e. The number of nitrogens with two attached hydrogens (primary N) is 1. The molecule has 2 aliphatic rings. The molecule has 30 heavy (non-hydrogen) atoms. The van der Waals surface area contributed by atoms with Crippen LogP contribution in [0.2, 0.25) is 0 Å². The maximum absolute atomic E-state index is 13.2. The second-order valence-electron chi connectivity index (χ2n) is 9.51. The maximum atomic E-state index is 13.2.